The Bertz CT molecular complexity index is 759. The van der Waals surface area contributed by atoms with Gasteiger partial charge in [0, 0.05) is 18.8 Å². The van der Waals surface area contributed by atoms with Gasteiger partial charge in [-0.2, -0.15) is 0 Å². The number of carbonyl (C=O) groups excluding carboxylic acids is 1. The molecular weight excluding hydrogens is 431 g/mol. The summed E-state index contributed by atoms with van der Waals surface area (Å²) in [5.74, 6) is 1.51. The number of esters is 1. The van der Waals surface area contributed by atoms with E-state index in [-0.39, 0.29) is 42.9 Å². The number of ether oxygens (including phenoxy) is 1. The van der Waals surface area contributed by atoms with Crippen molar-refractivity contribution in [1.29, 1.82) is 0 Å². The Balaban J connectivity index is 0.00000240. The molecule has 0 aliphatic heterocycles. The zero-order valence-corrected chi connectivity index (χ0v) is 20.3. The first kappa shape index (κ1) is 27.4. The van der Waals surface area contributed by atoms with Gasteiger partial charge >= 0.3 is 5.97 Å². The van der Waals surface area contributed by atoms with Gasteiger partial charge in [0.2, 0.25) is 0 Å². The second kappa shape index (κ2) is 13.7. The van der Waals surface area contributed by atoms with Crippen LogP contribution < -0.4 is 5.32 Å². The summed E-state index contributed by atoms with van der Waals surface area (Å²) in [6.07, 6.45) is 5.52. The van der Waals surface area contributed by atoms with Crippen LogP contribution >= 0.6 is 24.8 Å². The minimum Gasteiger partial charge on any atom is -0.462 e. The van der Waals surface area contributed by atoms with Crippen LogP contribution in [0.2, 0.25) is 0 Å². The van der Waals surface area contributed by atoms with E-state index in [2.05, 4.69) is 43.2 Å². The minimum atomic E-state index is -0.114. The summed E-state index contributed by atoms with van der Waals surface area (Å²) < 4.78 is 6.05. The number of carbonyl (C=O) groups is 1. The molecule has 1 aromatic heterocycles. The Morgan fingerprint density at radius 1 is 1.10 bits per heavy atom. The lowest BCUT2D eigenvalue weighted by Crippen LogP contribution is -2.36. The number of pyridine rings is 1. The average Bonchev–Trinajstić information content (AvgIpc) is 2.72. The van der Waals surface area contributed by atoms with Crippen molar-refractivity contribution in [3.63, 3.8) is 0 Å². The largest absolute Gasteiger partial charge is 0.462 e. The molecule has 31 heavy (non-hydrogen) atoms. The van der Waals surface area contributed by atoms with E-state index in [1.165, 1.54) is 6.42 Å². The van der Waals surface area contributed by atoms with Crippen LogP contribution in [0.15, 0.2) is 54.7 Å². The van der Waals surface area contributed by atoms with Gasteiger partial charge in [-0.3, -0.25) is 9.78 Å². The molecule has 2 aromatic rings. The van der Waals surface area contributed by atoms with Crippen LogP contribution in [-0.4, -0.2) is 17.1 Å². The maximum absolute atomic E-state index is 12.9. The Morgan fingerprint density at radius 2 is 1.81 bits per heavy atom. The van der Waals surface area contributed by atoms with Gasteiger partial charge in [0.05, 0.1) is 12.1 Å². The molecule has 0 amide bonds. The van der Waals surface area contributed by atoms with Crippen LogP contribution in [-0.2, 0) is 16.1 Å². The average molecular weight is 467 g/mol. The zero-order valence-electron chi connectivity index (χ0n) is 18.7. The highest BCUT2D eigenvalue weighted by Gasteiger charge is 2.33. The summed E-state index contributed by atoms with van der Waals surface area (Å²) in [7, 11) is 0. The molecule has 1 aliphatic carbocycles. The summed E-state index contributed by atoms with van der Waals surface area (Å²) >= 11 is 0. The van der Waals surface area contributed by atoms with E-state index in [1.54, 1.807) is 6.20 Å². The molecule has 172 valence electrons. The molecule has 0 saturated heterocycles. The molecule has 4 atom stereocenters. The van der Waals surface area contributed by atoms with Gasteiger partial charge in [-0.25, -0.2) is 0 Å². The fraction of sp³-hybridized carbons (Fsp3) is 0.520. The van der Waals surface area contributed by atoms with E-state index in [9.17, 15) is 4.79 Å². The van der Waals surface area contributed by atoms with E-state index >= 15 is 0 Å². The third-order valence-electron chi connectivity index (χ3n) is 6.07. The maximum Gasteiger partial charge on any atom is 0.308 e. The number of halogens is 2. The minimum absolute atomic E-state index is 0. The number of nitrogens with zero attached hydrogens (tertiary/aromatic N) is 1. The number of rotatable bonds is 8. The number of hydrogen-bond donors (Lipinski definition) is 1. The van der Waals surface area contributed by atoms with Crippen molar-refractivity contribution >= 4 is 30.8 Å². The Hall–Kier alpha value is -1.62. The van der Waals surface area contributed by atoms with Gasteiger partial charge in [-0.15, -0.1) is 24.8 Å². The molecule has 1 aliphatic rings. The molecule has 0 bridgehead atoms. The first-order valence-corrected chi connectivity index (χ1v) is 10.9. The molecule has 1 fully saturated rings. The van der Waals surface area contributed by atoms with Gasteiger partial charge < -0.3 is 10.1 Å². The van der Waals surface area contributed by atoms with Crippen molar-refractivity contribution in [2.24, 2.45) is 17.8 Å². The molecule has 4 nitrogen and oxygen atoms in total. The summed E-state index contributed by atoms with van der Waals surface area (Å²) in [4.78, 5) is 17.3. The smallest absolute Gasteiger partial charge is 0.308 e. The Morgan fingerprint density at radius 3 is 2.45 bits per heavy atom. The molecule has 1 saturated carbocycles. The fourth-order valence-corrected chi connectivity index (χ4v) is 4.36. The van der Waals surface area contributed by atoms with E-state index in [0.717, 1.165) is 24.1 Å². The highest BCUT2D eigenvalue weighted by molar-refractivity contribution is 5.85. The predicted molar refractivity (Wildman–Crippen MR) is 131 cm³/mol. The lowest BCUT2D eigenvalue weighted by molar-refractivity contribution is -0.156. The Labute approximate surface area is 199 Å². The van der Waals surface area contributed by atoms with Crippen molar-refractivity contribution < 1.29 is 9.53 Å². The van der Waals surface area contributed by atoms with Gasteiger partial charge in [0.25, 0.3) is 0 Å². The van der Waals surface area contributed by atoms with E-state index < -0.39 is 0 Å². The van der Waals surface area contributed by atoms with Crippen LogP contribution in [0, 0.1) is 17.8 Å². The SMILES string of the molecule is CC1CCC(C(C)C)C(OC(=O)CC(NCc2ccccn2)c2ccccc2)C1.Cl.Cl. The lowest BCUT2D eigenvalue weighted by Gasteiger charge is -2.37. The van der Waals surface area contributed by atoms with E-state index in [1.807, 2.05) is 36.4 Å². The number of aromatic nitrogens is 1. The standard InChI is InChI=1S/C25H34N2O2.2ClH/c1-18(2)22-13-12-19(3)15-24(22)29-25(28)16-23(20-9-5-4-6-10-20)27-17-21-11-7-8-14-26-21;;/h4-11,14,18-19,22-24,27H,12-13,15-17H2,1-3H3;2*1H. The van der Waals surface area contributed by atoms with Gasteiger partial charge in [-0.05, 0) is 48.3 Å². The van der Waals surface area contributed by atoms with Gasteiger partial charge in [0.15, 0.2) is 0 Å². The summed E-state index contributed by atoms with van der Waals surface area (Å²) in [6, 6.07) is 15.9. The number of benzene rings is 1. The molecule has 1 heterocycles. The lowest BCUT2D eigenvalue weighted by atomic mass is 9.75. The second-order valence-electron chi connectivity index (χ2n) is 8.72. The van der Waals surface area contributed by atoms with Crippen molar-refractivity contribution in [3.8, 4) is 0 Å². The molecule has 0 spiro atoms. The fourth-order valence-electron chi connectivity index (χ4n) is 4.36. The monoisotopic (exact) mass is 466 g/mol. The molecular formula is C25H36Cl2N2O2. The highest BCUT2D eigenvalue weighted by atomic mass is 35.5. The van der Waals surface area contributed by atoms with Gasteiger partial charge in [-0.1, -0.05) is 63.6 Å². The van der Waals surface area contributed by atoms with Crippen molar-refractivity contribution in [2.75, 3.05) is 0 Å². The van der Waals surface area contributed by atoms with Crippen molar-refractivity contribution in [3.05, 3.63) is 66.0 Å². The van der Waals surface area contributed by atoms with Crippen LogP contribution in [0.25, 0.3) is 0 Å². The molecule has 1 aromatic carbocycles. The Kier molecular flexibility index (Phi) is 12.1. The molecule has 1 N–H and O–H groups in total. The van der Waals surface area contributed by atoms with Crippen LogP contribution in [0.3, 0.4) is 0 Å². The number of nitrogens with one attached hydrogen (secondary N) is 1. The third-order valence-corrected chi connectivity index (χ3v) is 6.07. The van der Waals surface area contributed by atoms with Crippen molar-refractivity contribution in [1.82, 2.24) is 10.3 Å². The van der Waals surface area contributed by atoms with Gasteiger partial charge in [0.1, 0.15) is 6.10 Å². The summed E-state index contributed by atoms with van der Waals surface area (Å²) in [5.41, 5.74) is 2.06. The third kappa shape index (κ3) is 8.44. The molecule has 3 rings (SSSR count). The summed E-state index contributed by atoms with van der Waals surface area (Å²) in [6.45, 7) is 7.35. The predicted octanol–water partition coefficient (Wildman–Crippen LogP) is 6.15. The molecule has 4 unspecified atom stereocenters. The first-order valence-electron chi connectivity index (χ1n) is 10.9. The molecule has 6 heteroatoms. The van der Waals surface area contributed by atoms with Crippen LogP contribution in [0.4, 0.5) is 0 Å². The summed E-state index contributed by atoms with van der Waals surface area (Å²) in [5, 5.41) is 3.50. The second-order valence-corrected chi connectivity index (χ2v) is 8.72. The number of hydrogen-bond acceptors (Lipinski definition) is 4. The first-order chi connectivity index (χ1) is 14.0. The normalized spacial score (nSPS) is 21.5. The quantitative estimate of drug-likeness (QED) is 0.473. The highest BCUT2D eigenvalue weighted by Crippen LogP contribution is 2.35. The van der Waals surface area contributed by atoms with E-state index in [4.69, 9.17) is 4.74 Å². The zero-order chi connectivity index (χ0) is 20.6. The topological polar surface area (TPSA) is 51.2 Å². The maximum atomic E-state index is 12.9. The van der Waals surface area contributed by atoms with Crippen LogP contribution in [0.5, 0.6) is 0 Å². The van der Waals surface area contributed by atoms with Crippen molar-refractivity contribution in [2.45, 2.75) is 65.1 Å². The van der Waals surface area contributed by atoms with E-state index in [0.29, 0.717) is 30.7 Å². The van der Waals surface area contributed by atoms with Crippen LogP contribution in [0.1, 0.15) is 63.8 Å². The molecule has 0 radical (unpaired) electrons.